The van der Waals surface area contributed by atoms with Crippen molar-refractivity contribution in [2.24, 2.45) is 5.41 Å². The second-order valence-electron chi connectivity index (χ2n) is 5.28. The third kappa shape index (κ3) is 2.23. The molecule has 2 rings (SSSR count). The molecule has 0 bridgehead atoms. The van der Waals surface area contributed by atoms with Gasteiger partial charge in [0.1, 0.15) is 0 Å². The molecule has 1 spiro atoms. The van der Waals surface area contributed by atoms with Crippen molar-refractivity contribution < 1.29 is 0 Å². The van der Waals surface area contributed by atoms with Crippen molar-refractivity contribution >= 4 is 0 Å². The van der Waals surface area contributed by atoms with Crippen LogP contribution in [-0.2, 0) is 0 Å². The molecule has 1 N–H and O–H groups in total. The third-order valence-electron chi connectivity index (χ3n) is 3.58. The maximum absolute atomic E-state index is 3.74. The van der Waals surface area contributed by atoms with E-state index in [1.165, 1.54) is 32.2 Å². The van der Waals surface area contributed by atoms with Gasteiger partial charge in [0.15, 0.2) is 0 Å². The number of hydrogen-bond acceptors (Lipinski definition) is 2. The predicted molar refractivity (Wildman–Crippen MR) is 55.8 cm³/mol. The first-order valence-electron chi connectivity index (χ1n) is 5.53. The van der Waals surface area contributed by atoms with Crippen LogP contribution < -0.4 is 5.32 Å². The monoisotopic (exact) mass is 182 g/mol. The molecule has 76 valence electrons. The zero-order valence-electron chi connectivity index (χ0n) is 9.14. The van der Waals surface area contributed by atoms with Gasteiger partial charge >= 0.3 is 0 Å². The van der Waals surface area contributed by atoms with Gasteiger partial charge in [-0.25, -0.2) is 0 Å². The molecule has 2 atom stereocenters. The Morgan fingerprint density at radius 2 is 2.15 bits per heavy atom. The largest absolute Gasteiger partial charge is 0.311 e. The average molecular weight is 182 g/mol. The highest BCUT2D eigenvalue weighted by atomic mass is 15.1. The molecule has 2 unspecified atom stereocenters. The maximum atomic E-state index is 3.74. The van der Waals surface area contributed by atoms with Gasteiger partial charge in [-0.3, -0.25) is 0 Å². The van der Waals surface area contributed by atoms with Crippen molar-refractivity contribution in [2.45, 2.75) is 44.7 Å². The molecule has 0 radical (unpaired) electrons. The summed E-state index contributed by atoms with van der Waals surface area (Å²) in [7, 11) is 4.29. The SMILES string of the molecule is CC(CCN(C)C)NC1CC12CC2. The summed E-state index contributed by atoms with van der Waals surface area (Å²) in [6, 6.07) is 1.58. The highest BCUT2D eigenvalue weighted by molar-refractivity contribution is 5.17. The fourth-order valence-electron chi connectivity index (χ4n) is 2.18. The molecule has 2 aliphatic carbocycles. The molecule has 2 saturated carbocycles. The molecule has 2 fully saturated rings. The van der Waals surface area contributed by atoms with E-state index >= 15 is 0 Å². The van der Waals surface area contributed by atoms with Crippen LogP contribution in [0.1, 0.15) is 32.6 Å². The Kier molecular flexibility index (Phi) is 2.37. The first kappa shape index (κ1) is 9.47. The van der Waals surface area contributed by atoms with Gasteiger partial charge in [0.2, 0.25) is 0 Å². The highest BCUT2D eigenvalue weighted by Crippen LogP contribution is 2.65. The molecule has 2 nitrogen and oxygen atoms in total. The zero-order valence-corrected chi connectivity index (χ0v) is 9.14. The minimum absolute atomic E-state index is 0.701. The maximum Gasteiger partial charge on any atom is 0.0132 e. The summed E-state index contributed by atoms with van der Waals surface area (Å²) in [5.74, 6) is 0. The molecular formula is C11H22N2. The highest BCUT2D eigenvalue weighted by Gasteiger charge is 2.62. The van der Waals surface area contributed by atoms with Crippen LogP contribution in [0.5, 0.6) is 0 Å². The van der Waals surface area contributed by atoms with E-state index in [2.05, 4.69) is 31.2 Å². The summed E-state index contributed by atoms with van der Waals surface area (Å²) in [6.45, 7) is 3.52. The van der Waals surface area contributed by atoms with Gasteiger partial charge < -0.3 is 10.2 Å². The molecule has 0 heterocycles. The standard InChI is InChI=1S/C11H22N2/c1-9(4-7-13(2)3)12-10-8-11(10)5-6-11/h9-10,12H,4-8H2,1-3H3. The molecule has 0 saturated heterocycles. The van der Waals surface area contributed by atoms with Crippen LogP contribution in [0.25, 0.3) is 0 Å². The fourth-order valence-corrected chi connectivity index (χ4v) is 2.18. The van der Waals surface area contributed by atoms with E-state index < -0.39 is 0 Å². The summed E-state index contributed by atoms with van der Waals surface area (Å²) < 4.78 is 0. The van der Waals surface area contributed by atoms with Crippen LogP contribution in [0.2, 0.25) is 0 Å². The Hall–Kier alpha value is -0.0800. The predicted octanol–water partition coefficient (Wildman–Crippen LogP) is 1.47. The van der Waals surface area contributed by atoms with Gasteiger partial charge in [0.05, 0.1) is 0 Å². The minimum Gasteiger partial charge on any atom is -0.311 e. The van der Waals surface area contributed by atoms with E-state index in [0.29, 0.717) is 6.04 Å². The quantitative estimate of drug-likeness (QED) is 0.692. The molecule has 2 heteroatoms. The van der Waals surface area contributed by atoms with Crippen LogP contribution in [0.15, 0.2) is 0 Å². The summed E-state index contributed by atoms with van der Waals surface area (Å²) in [6.07, 6.45) is 5.72. The normalized spacial score (nSPS) is 30.9. The molecular weight excluding hydrogens is 160 g/mol. The molecule has 2 aliphatic rings. The van der Waals surface area contributed by atoms with Crippen LogP contribution >= 0.6 is 0 Å². The van der Waals surface area contributed by atoms with Crippen molar-refractivity contribution in [1.82, 2.24) is 10.2 Å². The van der Waals surface area contributed by atoms with Crippen molar-refractivity contribution in [3.05, 3.63) is 0 Å². The number of hydrogen-bond donors (Lipinski definition) is 1. The van der Waals surface area contributed by atoms with E-state index in [4.69, 9.17) is 0 Å². The van der Waals surface area contributed by atoms with E-state index in [0.717, 1.165) is 11.5 Å². The first-order chi connectivity index (χ1) is 6.12. The van der Waals surface area contributed by atoms with Crippen LogP contribution in [0.4, 0.5) is 0 Å². The molecule has 13 heavy (non-hydrogen) atoms. The van der Waals surface area contributed by atoms with Crippen molar-refractivity contribution in [1.29, 1.82) is 0 Å². The minimum atomic E-state index is 0.701. The lowest BCUT2D eigenvalue weighted by Gasteiger charge is -2.16. The zero-order chi connectivity index (χ0) is 9.47. The number of nitrogens with zero attached hydrogens (tertiary/aromatic N) is 1. The number of rotatable bonds is 5. The Bertz CT molecular complexity index is 185. The summed E-state index contributed by atoms with van der Waals surface area (Å²) in [5, 5.41) is 3.74. The van der Waals surface area contributed by atoms with Crippen molar-refractivity contribution in [3.8, 4) is 0 Å². The molecule has 0 aromatic carbocycles. The van der Waals surface area contributed by atoms with Crippen molar-refractivity contribution in [3.63, 3.8) is 0 Å². The average Bonchev–Trinajstić information content (AvgIpc) is 2.92. The van der Waals surface area contributed by atoms with E-state index in [1.807, 2.05) is 0 Å². The smallest absolute Gasteiger partial charge is 0.0132 e. The summed E-state index contributed by atoms with van der Waals surface area (Å²) in [4.78, 5) is 2.26. The van der Waals surface area contributed by atoms with Gasteiger partial charge in [0.25, 0.3) is 0 Å². The van der Waals surface area contributed by atoms with Gasteiger partial charge in [-0.15, -0.1) is 0 Å². The van der Waals surface area contributed by atoms with Crippen molar-refractivity contribution in [2.75, 3.05) is 20.6 Å². The van der Waals surface area contributed by atoms with Gasteiger partial charge in [-0.2, -0.15) is 0 Å². The second-order valence-corrected chi connectivity index (χ2v) is 5.28. The topological polar surface area (TPSA) is 15.3 Å². The third-order valence-corrected chi connectivity index (χ3v) is 3.58. The summed E-state index contributed by atoms with van der Waals surface area (Å²) >= 11 is 0. The van der Waals surface area contributed by atoms with Gasteiger partial charge in [-0.05, 0) is 58.7 Å². The first-order valence-corrected chi connectivity index (χ1v) is 5.53. The van der Waals surface area contributed by atoms with Gasteiger partial charge in [-0.1, -0.05) is 0 Å². The van der Waals surface area contributed by atoms with E-state index in [-0.39, 0.29) is 0 Å². The van der Waals surface area contributed by atoms with Gasteiger partial charge in [0, 0.05) is 12.1 Å². The molecule has 0 aromatic rings. The van der Waals surface area contributed by atoms with E-state index in [9.17, 15) is 0 Å². The lowest BCUT2D eigenvalue weighted by Crippen LogP contribution is -2.32. The lowest BCUT2D eigenvalue weighted by molar-refractivity contribution is 0.362. The van der Waals surface area contributed by atoms with Crippen LogP contribution in [0.3, 0.4) is 0 Å². The second kappa shape index (κ2) is 3.25. The Morgan fingerprint density at radius 3 is 2.62 bits per heavy atom. The molecule has 0 amide bonds. The fraction of sp³-hybridized carbons (Fsp3) is 1.00. The molecule has 0 aliphatic heterocycles. The lowest BCUT2D eigenvalue weighted by atomic mass is 10.2. The van der Waals surface area contributed by atoms with Crippen LogP contribution in [0, 0.1) is 5.41 Å². The Labute approximate surface area is 81.7 Å². The Balaban J connectivity index is 1.59. The summed E-state index contributed by atoms with van der Waals surface area (Å²) in [5.41, 5.74) is 0.812. The van der Waals surface area contributed by atoms with Crippen LogP contribution in [-0.4, -0.2) is 37.6 Å². The van der Waals surface area contributed by atoms with E-state index in [1.54, 1.807) is 0 Å². The molecule has 0 aromatic heterocycles. The Morgan fingerprint density at radius 1 is 1.46 bits per heavy atom. The number of nitrogens with one attached hydrogen (secondary N) is 1.